The molecule has 1 fully saturated rings. The zero-order valence-electron chi connectivity index (χ0n) is 14.1. The molecule has 0 amide bonds. The monoisotopic (exact) mass is 289 g/mol. The lowest BCUT2D eigenvalue weighted by Gasteiger charge is -2.30. The van der Waals surface area contributed by atoms with Crippen LogP contribution < -0.4 is 10.6 Å². The highest BCUT2D eigenvalue weighted by Gasteiger charge is 2.27. The number of anilines is 1. The second kappa shape index (κ2) is 6.78. The molecule has 2 N–H and O–H groups in total. The third-order valence-electron chi connectivity index (χ3n) is 4.64. The van der Waals surface area contributed by atoms with Crippen LogP contribution in [-0.4, -0.2) is 24.1 Å². The average molecular weight is 289 g/mol. The number of aromatic nitrogens is 1. The third kappa shape index (κ3) is 4.70. The number of pyridine rings is 1. The van der Waals surface area contributed by atoms with E-state index < -0.39 is 0 Å². The Morgan fingerprint density at radius 2 is 2.05 bits per heavy atom. The Morgan fingerprint density at radius 3 is 2.62 bits per heavy atom. The van der Waals surface area contributed by atoms with Gasteiger partial charge in [0.15, 0.2) is 0 Å². The minimum absolute atomic E-state index is 0.198. The van der Waals surface area contributed by atoms with E-state index >= 15 is 0 Å². The lowest BCUT2D eigenvalue weighted by Crippen LogP contribution is -2.26. The molecule has 1 aromatic rings. The lowest BCUT2D eigenvalue weighted by atomic mass is 9.77. The normalized spacial score (nSPS) is 22.0. The molecule has 2 rings (SSSR count). The zero-order chi connectivity index (χ0) is 15.5. The smallest absolute Gasteiger partial charge is 0.128 e. The van der Waals surface area contributed by atoms with Crippen LogP contribution in [0.1, 0.15) is 52.5 Å². The molecular weight excluding hydrogens is 258 g/mol. The summed E-state index contributed by atoms with van der Waals surface area (Å²) in [5.74, 6) is 1.94. The van der Waals surface area contributed by atoms with Crippen LogP contribution in [0.3, 0.4) is 0 Å². The first kappa shape index (κ1) is 16.3. The highest BCUT2D eigenvalue weighted by atomic mass is 15.2. The number of nitrogens with two attached hydrogens (primary N) is 1. The molecule has 118 valence electrons. The molecule has 1 aliphatic rings. The van der Waals surface area contributed by atoms with Crippen LogP contribution in [0.5, 0.6) is 0 Å². The molecule has 1 aromatic heterocycles. The van der Waals surface area contributed by atoms with E-state index in [-0.39, 0.29) is 6.04 Å². The second-order valence-corrected chi connectivity index (χ2v) is 7.69. The maximum absolute atomic E-state index is 5.84. The molecule has 0 aromatic carbocycles. The van der Waals surface area contributed by atoms with Gasteiger partial charge in [0.05, 0.1) is 0 Å². The zero-order valence-corrected chi connectivity index (χ0v) is 14.1. The summed E-state index contributed by atoms with van der Waals surface area (Å²) in [6.07, 6.45) is 6.77. The summed E-state index contributed by atoms with van der Waals surface area (Å²) in [7, 11) is 0. The van der Waals surface area contributed by atoms with Crippen molar-refractivity contribution in [2.45, 2.75) is 59.4 Å². The molecule has 2 atom stereocenters. The number of nitrogens with zero attached hydrogens (tertiary/aromatic N) is 2. The topological polar surface area (TPSA) is 42.1 Å². The maximum Gasteiger partial charge on any atom is 0.128 e. The molecule has 0 aliphatic carbocycles. The maximum atomic E-state index is 5.84. The molecular formula is C18H31N3. The summed E-state index contributed by atoms with van der Waals surface area (Å²) < 4.78 is 0. The Kier molecular flexibility index (Phi) is 5.26. The van der Waals surface area contributed by atoms with E-state index in [2.05, 4.69) is 42.8 Å². The first-order chi connectivity index (χ1) is 9.86. The third-order valence-corrected chi connectivity index (χ3v) is 4.64. The average Bonchev–Trinajstić information content (AvgIpc) is 2.64. The molecule has 0 saturated carbocycles. The van der Waals surface area contributed by atoms with Gasteiger partial charge in [0.1, 0.15) is 5.82 Å². The van der Waals surface area contributed by atoms with Crippen LogP contribution >= 0.6 is 0 Å². The summed E-state index contributed by atoms with van der Waals surface area (Å²) in [6.45, 7) is 11.4. The van der Waals surface area contributed by atoms with Crippen molar-refractivity contribution in [1.29, 1.82) is 0 Å². The van der Waals surface area contributed by atoms with Crippen molar-refractivity contribution < 1.29 is 0 Å². The van der Waals surface area contributed by atoms with E-state index in [1.54, 1.807) is 0 Å². The highest BCUT2D eigenvalue weighted by molar-refractivity contribution is 5.39. The Morgan fingerprint density at radius 1 is 1.29 bits per heavy atom. The van der Waals surface area contributed by atoms with Crippen molar-refractivity contribution in [2.24, 2.45) is 17.1 Å². The van der Waals surface area contributed by atoms with E-state index in [4.69, 9.17) is 5.73 Å². The number of hydrogen-bond donors (Lipinski definition) is 1. The fourth-order valence-electron chi connectivity index (χ4n) is 3.29. The minimum atomic E-state index is 0.198. The van der Waals surface area contributed by atoms with Gasteiger partial charge in [0.2, 0.25) is 0 Å². The van der Waals surface area contributed by atoms with Crippen LogP contribution in [0.4, 0.5) is 5.82 Å². The van der Waals surface area contributed by atoms with Gasteiger partial charge in [-0.05, 0) is 55.6 Å². The number of hydrogen-bond acceptors (Lipinski definition) is 3. The summed E-state index contributed by atoms with van der Waals surface area (Å²) in [5.41, 5.74) is 7.50. The molecule has 0 spiro atoms. The predicted molar refractivity (Wildman–Crippen MR) is 90.6 cm³/mol. The van der Waals surface area contributed by atoms with Gasteiger partial charge in [0.25, 0.3) is 0 Å². The van der Waals surface area contributed by atoms with Crippen molar-refractivity contribution in [1.82, 2.24) is 4.98 Å². The van der Waals surface area contributed by atoms with Gasteiger partial charge < -0.3 is 10.6 Å². The summed E-state index contributed by atoms with van der Waals surface area (Å²) in [5, 5.41) is 0. The summed E-state index contributed by atoms with van der Waals surface area (Å²) in [4.78, 5) is 7.10. The van der Waals surface area contributed by atoms with Crippen molar-refractivity contribution in [3.8, 4) is 0 Å². The van der Waals surface area contributed by atoms with Gasteiger partial charge in [-0.25, -0.2) is 4.98 Å². The fraction of sp³-hybridized carbons (Fsp3) is 0.722. The van der Waals surface area contributed by atoms with E-state index in [9.17, 15) is 0 Å². The molecule has 3 heteroatoms. The highest BCUT2D eigenvalue weighted by Crippen LogP contribution is 2.34. The van der Waals surface area contributed by atoms with Crippen LogP contribution in [0, 0.1) is 11.3 Å². The fourth-order valence-corrected chi connectivity index (χ4v) is 3.29. The van der Waals surface area contributed by atoms with Gasteiger partial charge in [-0.2, -0.15) is 0 Å². The number of rotatable bonds is 3. The first-order valence-electron chi connectivity index (χ1n) is 8.31. The molecule has 3 nitrogen and oxygen atoms in total. The van der Waals surface area contributed by atoms with Crippen molar-refractivity contribution in [3.05, 3.63) is 23.9 Å². The van der Waals surface area contributed by atoms with Gasteiger partial charge in [-0.1, -0.05) is 26.8 Å². The van der Waals surface area contributed by atoms with E-state index in [1.165, 1.54) is 24.8 Å². The molecule has 2 heterocycles. The minimum Gasteiger partial charge on any atom is -0.357 e. The Balaban J connectivity index is 1.99. The van der Waals surface area contributed by atoms with E-state index in [0.29, 0.717) is 5.41 Å². The largest absolute Gasteiger partial charge is 0.357 e. The van der Waals surface area contributed by atoms with E-state index in [1.807, 2.05) is 13.1 Å². The predicted octanol–water partition coefficient (Wildman–Crippen LogP) is 3.62. The van der Waals surface area contributed by atoms with Crippen molar-refractivity contribution in [3.63, 3.8) is 0 Å². The first-order valence-corrected chi connectivity index (χ1v) is 8.31. The Labute approximate surface area is 129 Å². The Bertz CT molecular complexity index is 431. The standard InChI is InChI=1S/C18H31N3/c1-14(19)12-15-7-8-17(20-13-15)21-10-5-6-16(9-11-21)18(2,3)4/h7-8,13-14,16H,5-6,9-12,19H2,1-4H3. The Hall–Kier alpha value is -1.09. The van der Waals surface area contributed by atoms with Crippen molar-refractivity contribution in [2.75, 3.05) is 18.0 Å². The van der Waals surface area contributed by atoms with Gasteiger partial charge in [-0.3, -0.25) is 0 Å². The second-order valence-electron chi connectivity index (χ2n) is 7.69. The molecule has 2 unspecified atom stereocenters. The van der Waals surface area contributed by atoms with Crippen LogP contribution in [0.15, 0.2) is 18.3 Å². The summed E-state index contributed by atoms with van der Waals surface area (Å²) >= 11 is 0. The van der Waals surface area contributed by atoms with Crippen LogP contribution in [0.2, 0.25) is 0 Å². The van der Waals surface area contributed by atoms with Gasteiger partial charge in [0, 0.05) is 25.3 Å². The molecule has 0 bridgehead atoms. The van der Waals surface area contributed by atoms with Crippen LogP contribution in [0.25, 0.3) is 0 Å². The lowest BCUT2D eigenvalue weighted by molar-refractivity contribution is 0.220. The van der Waals surface area contributed by atoms with Gasteiger partial charge >= 0.3 is 0 Å². The quantitative estimate of drug-likeness (QED) is 0.924. The van der Waals surface area contributed by atoms with Crippen molar-refractivity contribution >= 4 is 5.82 Å². The van der Waals surface area contributed by atoms with E-state index in [0.717, 1.165) is 31.2 Å². The molecule has 1 saturated heterocycles. The molecule has 0 radical (unpaired) electrons. The van der Waals surface area contributed by atoms with Crippen LogP contribution in [-0.2, 0) is 6.42 Å². The van der Waals surface area contributed by atoms with Gasteiger partial charge in [-0.15, -0.1) is 0 Å². The molecule has 1 aliphatic heterocycles. The SMILES string of the molecule is CC(N)Cc1ccc(N2CCCC(C(C)(C)C)CC2)nc1. The molecule has 21 heavy (non-hydrogen) atoms. The summed E-state index contributed by atoms with van der Waals surface area (Å²) in [6, 6.07) is 4.54.